The molecule has 26 heavy (non-hydrogen) atoms. The molecule has 25 heteroatoms. The fraction of sp³-hybridized carbons (Fsp3) is 1.00. The van der Waals surface area contributed by atoms with E-state index in [1.165, 1.54) is 0 Å². The SMILES string of the molecule is O=NOC(ON=O)(ON=O)ON=O.O=N[O-].O=N[O-].O=N[O-].O=N[O-].[Ti+4]. The molecule has 0 N–H and O–H groups in total. The summed E-state index contributed by atoms with van der Waals surface area (Å²) in [4.78, 5) is 83.9. The largest absolute Gasteiger partial charge is 4.00 e. The van der Waals surface area contributed by atoms with Gasteiger partial charge in [0.15, 0.2) is 21.4 Å². The molecule has 24 nitrogen and oxygen atoms in total. The smallest absolute Gasteiger partial charge is 0.444 e. The Hall–Kier alpha value is -4.09. The van der Waals surface area contributed by atoms with Gasteiger partial charge in [-0.15, -0.1) is 41.0 Å². The Kier molecular flexibility index (Phi) is 62.4. The van der Waals surface area contributed by atoms with Crippen LogP contribution < -0.4 is 0 Å². The van der Waals surface area contributed by atoms with Gasteiger partial charge in [0.1, 0.15) is 0 Å². The summed E-state index contributed by atoms with van der Waals surface area (Å²) in [5.41, 5.74) is 0. The number of rotatable bonds is 8. The number of hydrogen-bond acceptors (Lipinski definition) is 24. The van der Waals surface area contributed by atoms with Crippen LogP contribution in [0.2, 0.25) is 0 Å². The first-order valence-corrected chi connectivity index (χ1v) is 3.74. The van der Waals surface area contributed by atoms with Crippen LogP contribution in [0.25, 0.3) is 0 Å². The van der Waals surface area contributed by atoms with Crippen molar-refractivity contribution in [1.29, 1.82) is 0 Å². The van der Waals surface area contributed by atoms with Crippen molar-refractivity contribution in [2.75, 3.05) is 0 Å². The van der Waals surface area contributed by atoms with E-state index < -0.39 is 6.16 Å². The minimum Gasteiger partial charge on any atom is -0.444 e. The van der Waals surface area contributed by atoms with Gasteiger partial charge in [-0.1, -0.05) is 0 Å². The van der Waals surface area contributed by atoms with E-state index in [0.717, 1.165) is 21.4 Å². The Labute approximate surface area is 151 Å². The maximum atomic E-state index is 9.50. The van der Waals surface area contributed by atoms with Crippen molar-refractivity contribution in [2.24, 2.45) is 42.7 Å². The topological polar surface area (TPSA) is 365 Å². The molecule has 0 amide bonds. The molecule has 0 aliphatic heterocycles. The molecule has 0 aliphatic carbocycles. The summed E-state index contributed by atoms with van der Waals surface area (Å²) < 4.78 is 0. The van der Waals surface area contributed by atoms with E-state index in [0.29, 0.717) is 0 Å². The van der Waals surface area contributed by atoms with Gasteiger partial charge in [0.2, 0.25) is 0 Å². The molecule has 0 aromatic rings. The first kappa shape index (κ1) is 37.8. The van der Waals surface area contributed by atoms with Crippen LogP contribution in [-0.4, -0.2) is 6.16 Å². The Morgan fingerprint density at radius 1 is 0.462 bits per heavy atom. The van der Waals surface area contributed by atoms with Crippen LogP contribution in [0.3, 0.4) is 0 Å². The van der Waals surface area contributed by atoms with Gasteiger partial charge in [-0.3, -0.25) is 0 Å². The van der Waals surface area contributed by atoms with E-state index in [9.17, 15) is 19.6 Å². The molecule has 0 unspecified atom stereocenters. The fourth-order valence-electron chi connectivity index (χ4n) is 0.283. The van der Waals surface area contributed by atoms with Crippen LogP contribution >= 0.6 is 0 Å². The molecule has 0 atom stereocenters. The molecule has 0 rings (SSSR count). The van der Waals surface area contributed by atoms with Gasteiger partial charge in [0, 0.05) is 0 Å². The molecule has 0 bridgehead atoms. The minimum absolute atomic E-state index is 0. The molecule has 0 spiro atoms. The number of hydrogen-bond donors (Lipinski definition) is 0. The zero-order valence-electron chi connectivity index (χ0n) is 11.1. The normalized spacial score (nSPS) is 6.46. The van der Waals surface area contributed by atoms with Crippen molar-refractivity contribution in [1.82, 2.24) is 0 Å². The van der Waals surface area contributed by atoms with Crippen molar-refractivity contribution >= 4 is 0 Å². The summed E-state index contributed by atoms with van der Waals surface area (Å²) >= 11 is 0. The second-order valence-corrected chi connectivity index (χ2v) is 1.46. The first-order valence-electron chi connectivity index (χ1n) is 3.74. The molecule has 0 fully saturated rings. The minimum atomic E-state index is -3.22. The van der Waals surface area contributed by atoms with E-state index in [2.05, 4.69) is 19.4 Å². The summed E-state index contributed by atoms with van der Waals surface area (Å²) in [6, 6.07) is 0. The van der Waals surface area contributed by atoms with Crippen molar-refractivity contribution in [3.8, 4) is 0 Å². The van der Waals surface area contributed by atoms with Crippen LogP contribution in [0.5, 0.6) is 0 Å². The second kappa shape index (κ2) is 42.8. The van der Waals surface area contributed by atoms with Crippen LogP contribution in [-0.2, 0) is 41.1 Å². The molecule has 0 aliphatic rings. The molecule has 0 saturated heterocycles. The summed E-state index contributed by atoms with van der Waals surface area (Å²) in [5.74, 6) is 0. The van der Waals surface area contributed by atoms with Crippen LogP contribution in [0.1, 0.15) is 0 Å². The van der Waals surface area contributed by atoms with E-state index in [4.69, 9.17) is 40.5 Å². The molecular formula is CN8O16Ti. The molecule has 0 radical (unpaired) electrons. The Morgan fingerprint density at radius 2 is 0.577 bits per heavy atom. The van der Waals surface area contributed by atoms with Crippen LogP contribution in [0.15, 0.2) is 42.7 Å². The van der Waals surface area contributed by atoms with Gasteiger partial charge < -0.3 is 40.5 Å². The van der Waals surface area contributed by atoms with Gasteiger partial charge in [-0.05, 0) is 0 Å². The molecule has 0 aromatic heterocycles. The van der Waals surface area contributed by atoms with Crippen molar-refractivity contribution in [3.63, 3.8) is 0 Å². The van der Waals surface area contributed by atoms with Crippen molar-refractivity contribution < 1.29 is 41.1 Å². The molecule has 0 saturated carbocycles. The summed E-state index contributed by atoms with van der Waals surface area (Å²) in [5, 5.41) is 42.6. The third-order valence-corrected chi connectivity index (χ3v) is 0.596. The van der Waals surface area contributed by atoms with Gasteiger partial charge in [0.25, 0.3) is 0 Å². The maximum absolute atomic E-state index is 9.50. The van der Waals surface area contributed by atoms with Gasteiger partial charge in [0.05, 0.1) is 0 Å². The van der Waals surface area contributed by atoms with E-state index in [1.54, 1.807) is 21.4 Å². The third kappa shape index (κ3) is 50.2. The predicted molar refractivity (Wildman–Crippen MR) is 66.9 cm³/mol. The summed E-state index contributed by atoms with van der Waals surface area (Å²) in [6.45, 7) is 0. The summed E-state index contributed by atoms with van der Waals surface area (Å²) in [6.07, 6.45) is -3.22. The number of nitrogens with zero attached hydrogens (tertiary/aromatic N) is 8. The average Bonchev–Trinajstić information content (AvgIpc) is 2.51. The fourth-order valence-corrected chi connectivity index (χ4v) is 0.283. The zero-order valence-corrected chi connectivity index (χ0v) is 12.7. The van der Waals surface area contributed by atoms with Gasteiger partial charge in [-0.2, -0.15) is 0 Å². The van der Waals surface area contributed by atoms with Gasteiger partial charge >= 0.3 is 27.9 Å². The van der Waals surface area contributed by atoms with Crippen molar-refractivity contribution in [3.05, 3.63) is 60.1 Å². The monoisotopic (exact) mass is 428 g/mol. The average molecular weight is 428 g/mol. The van der Waals surface area contributed by atoms with Gasteiger partial charge in [-0.25, -0.2) is 19.4 Å². The second-order valence-electron chi connectivity index (χ2n) is 1.46. The van der Waals surface area contributed by atoms with Crippen LogP contribution in [0.4, 0.5) is 0 Å². The Balaban J connectivity index is -0.0000000635. The quantitative estimate of drug-likeness (QED) is 0.228. The predicted octanol–water partition coefficient (Wildman–Crippen LogP) is 1.39. The third-order valence-electron chi connectivity index (χ3n) is 0.596. The first-order chi connectivity index (χ1) is 11.9. The van der Waals surface area contributed by atoms with Crippen molar-refractivity contribution in [2.45, 2.75) is 6.16 Å². The maximum Gasteiger partial charge on any atom is 4.00 e. The molecular weight excluding hydrogens is 428 g/mol. The molecule has 0 heterocycles. The standard InChI is InChI=1S/CN4O8.4HNO2.Ti/c6-2-10-1(11-3-7,12-4-8)13-5-9;4*2-1-3;/h;4*(H,2,3);/q;;;;;+4/p-4. The van der Waals surface area contributed by atoms with E-state index >= 15 is 0 Å². The Morgan fingerprint density at radius 3 is 0.654 bits per heavy atom. The summed E-state index contributed by atoms with van der Waals surface area (Å²) in [7, 11) is 0. The zero-order chi connectivity index (χ0) is 21.0. The molecule has 144 valence electrons. The van der Waals surface area contributed by atoms with E-state index in [1.807, 2.05) is 0 Å². The van der Waals surface area contributed by atoms with E-state index in [-0.39, 0.29) is 21.7 Å². The van der Waals surface area contributed by atoms with Crippen LogP contribution in [0, 0.1) is 60.1 Å². The Bertz CT molecular complexity index is 293. The molecule has 0 aromatic carbocycles.